The summed E-state index contributed by atoms with van der Waals surface area (Å²) in [5, 5.41) is 0. The predicted octanol–water partition coefficient (Wildman–Crippen LogP) is 3.13. The van der Waals surface area contributed by atoms with Gasteiger partial charge in [0.25, 0.3) is 0 Å². The van der Waals surface area contributed by atoms with Gasteiger partial charge in [0, 0.05) is 5.70 Å². The van der Waals surface area contributed by atoms with E-state index in [1.165, 1.54) is 37.7 Å². The maximum Gasteiger partial charge on any atom is 0.00830 e. The summed E-state index contributed by atoms with van der Waals surface area (Å²) in [6.45, 7) is 3.98. The molecule has 0 aromatic carbocycles. The summed E-state index contributed by atoms with van der Waals surface area (Å²) in [5.41, 5.74) is 8.03. The third kappa shape index (κ3) is 3.61. The highest BCUT2D eigenvalue weighted by Gasteiger charge is 1.98. The molecule has 1 rings (SSSR count). The molecule has 0 saturated carbocycles. The van der Waals surface area contributed by atoms with Crippen molar-refractivity contribution in [1.29, 1.82) is 0 Å². The molecule has 0 bridgehead atoms. The molecule has 1 aliphatic carbocycles. The molecule has 0 amide bonds. The van der Waals surface area contributed by atoms with Crippen molar-refractivity contribution < 1.29 is 0 Å². The Morgan fingerprint density at radius 1 is 1.00 bits per heavy atom. The Kier molecular flexibility index (Phi) is 3.92. The van der Waals surface area contributed by atoms with Crippen LogP contribution in [-0.4, -0.2) is 0 Å². The SMILES string of the molecule is C=C1/C=C(/N)CCCCCCC1. The maximum atomic E-state index is 5.82. The molecule has 0 aliphatic heterocycles. The number of hydrogen-bond acceptors (Lipinski definition) is 1. The molecular weight excluding hydrogens is 146 g/mol. The minimum absolute atomic E-state index is 1.02. The van der Waals surface area contributed by atoms with Gasteiger partial charge < -0.3 is 5.73 Å². The topological polar surface area (TPSA) is 26.0 Å². The number of hydrogen-bond donors (Lipinski definition) is 1. The lowest BCUT2D eigenvalue weighted by Gasteiger charge is -2.07. The van der Waals surface area contributed by atoms with Crippen molar-refractivity contribution in [1.82, 2.24) is 0 Å². The van der Waals surface area contributed by atoms with Crippen LogP contribution < -0.4 is 5.73 Å². The van der Waals surface area contributed by atoms with Gasteiger partial charge in [-0.25, -0.2) is 0 Å². The van der Waals surface area contributed by atoms with Crippen LogP contribution in [0.15, 0.2) is 23.9 Å². The number of rotatable bonds is 0. The van der Waals surface area contributed by atoms with Crippen LogP contribution in [0.5, 0.6) is 0 Å². The molecule has 0 aromatic heterocycles. The number of allylic oxidation sites excluding steroid dienone is 3. The Morgan fingerprint density at radius 3 is 2.33 bits per heavy atom. The third-order valence-electron chi connectivity index (χ3n) is 2.35. The van der Waals surface area contributed by atoms with E-state index in [-0.39, 0.29) is 0 Å². The van der Waals surface area contributed by atoms with E-state index in [0.717, 1.165) is 18.5 Å². The normalized spacial score (nSPS) is 26.0. The second-order valence-corrected chi connectivity index (χ2v) is 3.65. The minimum Gasteiger partial charge on any atom is -0.402 e. The zero-order valence-electron chi connectivity index (χ0n) is 7.81. The van der Waals surface area contributed by atoms with E-state index >= 15 is 0 Å². The first-order chi connectivity index (χ1) is 5.79. The van der Waals surface area contributed by atoms with Crippen LogP contribution in [0.1, 0.15) is 44.9 Å². The summed E-state index contributed by atoms with van der Waals surface area (Å²) >= 11 is 0. The Hall–Kier alpha value is -0.720. The van der Waals surface area contributed by atoms with E-state index in [4.69, 9.17) is 5.73 Å². The van der Waals surface area contributed by atoms with Gasteiger partial charge in [-0.15, -0.1) is 0 Å². The Bertz CT molecular complexity index is 179. The van der Waals surface area contributed by atoms with E-state index in [2.05, 4.69) is 12.7 Å². The van der Waals surface area contributed by atoms with Crippen molar-refractivity contribution in [2.24, 2.45) is 5.73 Å². The van der Waals surface area contributed by atoms with E-state index in [0.29, 0.717) is 0 Å². The van der Waals surface area contributed by atoms with E-state index in [9.17, 15) is 0 Å². The summed E-state index contributed by atoms with van der Waals surface area (Å²) in [6, 6.07) is 0. The van der Waals surface area contributed by atoms with Crippen molar-refractivity contribution >= 4 is 0 Å². The van der Waals surface area contributed by atoms with Crippen LogP contribution in [0, 0.1) is 0 Å². The Balaban J connectivity index is 2.46. The molecule has 0 radical (unpaired) electrons. The average molecular weight is 165 g/mol. The second kappa shape index (κ2) is 5.02. The molecule has 0 spiro atoms. The quantitative estimate of drug-likeness (QED) is 0.586. The summed E-state index contributed by atoms with van der Waals surface area (Å²) in [7, 11) is 0. The first kappa shape index (κ1) is 9.37. The molecule has 1 nitrogen and oxygen atoms in total. The summed E-state index contributed by atoms with van der Waals surface area (Å²) in [5.74, 6) is 0. The average Bonchev–Trinajstić information content (AvgIpc) is 2.02. The first-order valence-electron chi connectivity index (χ1n) is 4.93. The van der Waals surface area contributed by atoms with Gasteiger partial charge >= 0.3 is 0 Å². The van der Waals surface area contributed by atoms with Crippen molar-refractivity contribution in [2.45, 2.75) is 44.9 Å². The van der Waals surface area contributed by atoms with Crippen LogP contribution in [-0.2, 0) is 0 Å². The highest BCUT2D eigenvalue weighted by molar-refractivity contribution is 5.18. The maximum absolute atomic E-state index is 5.82. The van der Waals surface area contributed by atoms with Crippen molar-refractivity contribution in [2.75, 3.05) is 0 Å². The molecule has 0 unspecified atom stereocenters. The third-order valence-corrected chi connectivity index (χ3v) is 2.35. The Labute approximate surface area is 75.3 Å². The standard InChI is InChI=1S/C11H19N/c1-10-7-5-3-2-4-6-8-11(12)9-10/h9H,1-8,12H2/b11-9+. The van der Waals surface area contributed by atoms with Gasteiger partial charge in [-0.1, -0.05) is 31.4 Å². The highest BCUT2D eigenvalue weighted by Crippen LogP contribution is 2.16. The molecule has 0 fully saturated rings. The molecule has 0 saturated heterocycles. The number of nitrogens with two attached hydrogens (primary N) is 1. The van der Waals surface area contributed by atoms with Crippen molar-refractivity contribution in [3.8, 4) is 0 Å². The lowest BCUT2D eigenvalue weighted by Crippen LogP contribution is -1.99. The molecule has 0 heterocycles. The molecule has 12 heavy (non-hydrogen) atoms. The molecule has 1 heteroatoms. The van der Waals surface area contributed by atoms with Crippen LogP contribution in [0.3, 0.4) is 0 Å². The smallest absolute Gasteiger partial charge is 0.00830 e. The zero-order chi connectivity index (χ0) is 8.81. The molecule has 0 atom stereocenters. The van der Waals surface area contributed by atoms with E-state index < -0.39 is 0 Å². The van der Waals surface area contributed by atoms with Gasteiger partial charge in [0.1, 0.15) is 0 Å². The fourth-order valence-electron chi connectivity index (χ4n) is 1.62. The predicted molar refractivity (Wildman–Crippen MR) is 53.7 cm³/mol. The summed E-state index contributed by atoms with van der Waals surface area (Å²) in [6.07, 6.45) is 10.8. The molecule has 68 valence electrons. The van der Waals surface area contributed by atoms with Gasteiger partial charge in [0.15, 0.2) is 0 Å². The largest absolute Gasteiger partial charge is 0.402 e. The lowest BCUT2D eigenvalue weighted by molar-refractivity contribution is 0.606. The molecule has 0 aromatic rings. The molecular formula is C11H19N. The van der Waals surface area contributed by atoms with Crippen LogP contribution >= 0.6 is 0 Å². The highest BCUT2D eigenvalue weighted by atomic mass is 14.6. The fraction of sp³-hybridized carbons (Fsp3) is 0.636. The van der Waals surface area contributed by atoms with Crippen LogP contribution in [0.2, 0.25) is 0 Å². The van der Waals surface area contributed by atoms with Crippen molar-refractivity contribution in [3.05, 3.63) is 23.9 Å². The van der Waals surface area contributed by atoms with E-state index in [1.807, 2.05) is 0 Å². The lowest BCUT2D eigenvalue weighted by atomic mass is 10.0. The van der Waals surface area contributed by atoms with Crippen LogP contribution in [0.4, 0.5) is 0 Å². The first-order valence-corrected chi connectivity index (χ1v) is 4.93. The minimum atomic E-state index is 1.02. The summed E-state index contributed by atoms with van der Waals surface area (Å²) in [4.78, 5) is 0. The van der Waals surface area contributed by atoms with Crippen molar-refractivity contribution in [3.63, 3.8) is 0 Å². The molecule has 1 aliphatic rings. The van der Waals surface area contributed by atoms with Gasteiger partial charge in [-0.05, 0) is 31.8 Å². The second-order valence-electron chi connectivity index (χ2n) is 3.65. The van der Waals surface area contributed by atoms with Gasteiger partial charge in [0.2, 0.25) is 0 Å². The molecule has 2 N–H and O–H groups in total. The van der Waals surface area contributed by atoms with Gasteiger partial charge in [-0.2, -0.15) is 0 Å². The zero-order valence-corrected chi connectivity index (χ0v) is 7.81. The van der Waals surface area contributed by atoms with Gasteiger partial charge in [0.05, 0.1) is 0 Å². The monoisotopic (exact) mass is 165 g/mol. The van der Waals surface area contributed by atoms with Gasteiger partial charge in [-0.3, -0.25) is 0 Å². The van der Waals surface area contributed by atoms with Crippen LogP contribution in [0.25, 0.3) is 0 Å². The fourth-order valence-corrected chi connectivity index (χ4v) is 1.62. The summed E-state index contributed by atoms with van der Waals surface area (Å²) < 4.78 is 0. The van der Waals surface area contributed by atoms with E-state index in [1.54, 1.807) is 0 Å². The Morgan fingerprint density at radius 2 is 1.58 bits per heavy atom.